The largest absolute Gasteiger partial charge is 0.390 e. The molecule has 1 saturated heterocycles. The molecule has 2 aromatic rings. The summed E-state index contributed by atoms with van der Waals surface area (Å²) in [5.41, 5.74) is 4.11. The number of rotatable bonds is 8. The number of amides is 1. The Morgan fingerprint density at radius 2 is 1.84 bits per heavy atom. The predicted octanol–water partition coefficient (Wildman–Crippen LogP) is 4.62. The van der Waals surface area contributed by atoms with Crippen LogP contribution in [0, 0.1) is 17.0 Å². The van der Waals surface area contributed by atoms with E-state index < -0.39 is 52.8 Å². The highest BCUT2D eigenvalue weighted by atomic mass is 35.5. The fraction of sp³-hybridized carbons (Fsp3) is 0.536. The molecule has 0 aliphatic carbocycles. The van der Waals surface area contributed by atoms with Crippen molar-refractivity contribution in [3.63, 3.8) is 0 Å². The normalized spacial score (nSPS) is 24.9. The Balaban J connectivity index is 2.13. The van der Waals surface area contributed by atoms with E-state index in [2.05, 4.69) is 10.6 Å². The van der Waals surface area contributed by atoms with E-state index in [1.807, 2.05) is 20.8 Å². The van der Waals surface area contributed by atoms with Crippen molar-refractivity contribution in [1.82, 2.24) is 10.6 Å². The van der Waals surface area contributed by atoms with Gasteiger partial charge in [-0.25, -0.2) is 8.78 Å². The Morgan fingerprint density at radius 3 is 2.42 bits per heavy atom. The van der Waals surface area contributed by atoms with E-state index in [0.29, 0.717) is 6.42 Å². The second kappa shape index (κ2) is 11.4. The third kappa shape index (κ3) is 6.49. The molecule has 1 aliphatic heterocycles. The molecular formula is C28H37Cl2F2N3O3. The monoisotopic (exact) mass is 571 g/mol. The summed E-state index contributed by atoms with van der Waals surface area (Å²) < 4.78 is 31.0. The Hall–Kier alpha value is -1.81. The number of carbonyl (C=O) groups is 1. The molecule has 3 rings (SSSR count). The minimum absolute atomic E-state index is 0.0454. The molecule has 0 radical (unpaired) electrons. The van der Waals surface area contributed by atoms with Gasteiger partial charge < -0.3 is 26.6 Å². The summed E-state index contributed by atoms with van der Waals surface area (Å²) in [6, 6.07) is 6.89. The molecular weight excluding hydrogens is 535 g/mol. The zero-order valence-electron chi connectivity index (χ0n) is 22.3. The number of halogens is 4. The summed E-state index contributed by atoms with van der Waals surface area (Å²) in [6.45, 7) is 8.96. The summed E-state index contributed by atoms with van der Waals surface area (Å²) >= 11 is 12.2. The highest BCUT2D eigenvalue weighted by Gasteiger charge is 2.58. The lowest BCUT2D eigenvalue weighted by molar-refractivity contribution is -0.123. The van der Waals surface area contributed by atoms with Crippen LogP contribution in [0.2, 0.25) is 10.0 Å². The third-order valence-electron chi connectivity index (χ3n) is 7.15. The quantitative estimate of drug-likeness (QED) is 0.317. The van der Waals surface area contributed by atoms with Crippen LogP contribution in [0.3, 0.4) is 0 Å². The Bertz CT molecular complexity index is 1170. The number of nitrogens with two attached hydrogens (primary N) is 1. The molecule has 0 saturated carbocycles. The van der Waals surface area contributed by atoms with E-state index in [1.54, 1.807) is 6.07 Å². The highest BCUT2D eigenvalue weighted by Crippen LogP contribution is 2.49. The van der Waals surface area contributed by atoms with Gasteiger partial charge in [-0.2, -0.15) is 0 Å². The lowest BCUT2D eigenvalue weighted by Gasteiger charge is -2.40. The van der Waals surface area contributed by atoms with E-state index in [4.69, 9.17) is 28.9 Å². The van der Waals surface area contributed by atoms with Gasteiger partial charge in [0.15, 0.2) is 0 Å². The zero-order valence-corrected chi connectivity index (χ0v) is 23.8. The van der Waals surface area contributed by atoms with Crippen molar-refractivity contribution < 1.29 is 23.8 Å². The summed E-state index contributed by atoms with van der Waals surface area (Å²) in [7, 11) is 0. The molecule has 10 heteroatoms. The number of aliphatic hydroxyl groups is 2. The Kier molecular flexibility index (Phi) is 9.18. The fourth-order valence-corrected chi connectivity index (χ4v) is 5.54. The molecule has 6 N–H and O–H groups in total. The predicted molar refractivity (Wildman–Crippen MR) is 146 cm³/mol. The van der Waals surface area contributed by atoms with Crippen molar-refractivity contribution >= 4 is 29.1 Å². The second-order valence-corrected chi connectivity index (χ2v) is 12.7. The first-order chi connectivity index (χ1) is 17.5. The van der Waals surface area contributed by atoms with Gasteiger partial charge in [-0.05, 0) is 55.9 Å². The smallest absolute Gasteiger partial charge is 0.237 e. The topological polar surface area (TPSA) is 108 Å². The third-order valence-corrected chi connectivity index (χ3v) is 7.68. The van der Waals surface area contributed by atoms with Crippen molar-refractivity contribution in [2.45, 2.75) is 82.7 Å². The van der Waals surface area contributed by atoms with E-state index in [0.717, 1.165) is 6.07 Å². The first-order valence-corrected chi connectivity index (χ1v) is 13.3. The van der Waals surface area contributed by atoms with Crippen LogP contribution in [-0.4, -0.2) is 46.5 Å². The molecule has 1 aliphatic rings. The Labute approximate surface area is 232 Å². The van der Waals surface area contributed by atoms with Crippen molar-refractivity contribution in [3.8, 4) is 0 Å². The number of hydrogen-bond acceptors (Lipinski definition) is 5. The molecule has 38 heavy (non-hydrogen) atoms. The first kappa shape index (κ1) is 30.7. The van der Waals surface area contributed by atoms with Crippen LogP contribution in [0.25, 0.3) is 0 Å². The van der Waals surface area contributed by atoms with E-state index in [1.165, 1.54) is 38.1 Å². The van der Waals surface area contributed by atoms with Crippen LogP contribution >= 0.6 is 23.2 Å². The minimum Gasteiger partial charge on any atom is -0.390 e. The SMILES string of the molecule is CC(C)(C)CC1NC(C(=O)NCCC(O)C(C)(C)O)C(c2cccc(Cl)c2F)C1(N)c1ccc(Cl)cc1F. The minimum atomic E-state index is -1.57. The second-order valence-electron chi connectivity index (χ2n) is 11.9. The average Bonchev–Trinajstić information content (AvgIpc) is 3.06. The fourth-order valence-electron chi connectivity index (χ4n) is 5.20. The van der Waals surface area contributed by atoms with Gasteiger partial charge in [0.1, 0.15) is 11.6 Å². The maximum Gasteiger partial charge on any atom is 0.237 e. The number of hydrogen-bond donors (Lipinski definition) is 5. The molecule has 5 unspecified atom stereocenters. The molecule has 1 heterocycles. The molecule has 1 amide bonds. The number of aliphatic hydroxyl groups excluding tert-OH is 1. The van der Waals surface area contributed by atoms with Crippen molar-refractivity contribution in [1.29, 1.82) is 0 Å². The van der Waals surface area contributed by atoms with Gasteiger partial charge in [0.05, 0.1) is 28.3 Å². The van der Waals surface area contributed by atoms with Gasteiger partial charge in [0, 0.05) is 29.1 Å². The number of nitrogens with one attached hydrogen (secondary N) is 2. The van der Waals surface area contributed by atoms with Gasteiger partial charge >= 0.3 is 0 Å². The van der Waals surface area contributed by atoms with Crippen molar-refractivity contribution in [2.75, 3.05) is 6.54 Å². The van der Waals surface area contributed by atoms with Crippen LogP contribution in [0.1, 0.15) is 64.5 Å². The van der Waals surface area contributed by atoms with Crippen LogP contribution in [0.4, 0.5) is 8.78 Å². The van der Waals surface area contributed by atoms with E-state index in [9.17, 15) is 15.0 Å². The lowest BCUT2D eigenvalue weighted by Crippen LogP contribution is -2.52. The molecule has 6 nitrogen and oxygen atoms in total. The van der Waals surface area contributed by atoms with Crippen molar-refractivity contribution in [3.05, 3.63) is 69.2 Å². The molecule has 2 aromatic carbocycles. The molecule has 210 valence electrons. The summed E-state index contributed by atoms with van der Waals surface area (Å²) in [4.78, 5) is 13.6. The molecule has 0 spiro atoms. The first-order valence-electron chi connectivity index (χ1n) is 12.6. The van der Waals surface area contributed by atoms with Crippen LogP contribution in [0.15, 0.2) is 36.4 Å². The van der Waals surface area contributed by atoms with Crippen molar-refractivity contribution in [2.24, 2.45) is 11.1 Å². The molecule has 0 aromatic heterocycles. The molecule has 5 atom stereocenters. The van der Waals surface area contributed by atoms with E-state index >= 15 is 8.78 Å². The lowest BCUT2D eigenvalue weighted by atomic mass is 9.68. The van der Waals surface area contributed by atoms with Crippen LogP contribution in [0.5, 0.6) is 0 Å². The molecule has 0 bridgehead atoms. The standard InChI is InChI=1S/C28H37Cl2F2N3O3/c1-26(2,3)14-20-28(33,17-10-9-15(29)13-19(17)31)22(16-7-6-8-18(30)23(16)32)24(35-20)25(37)34-12-11-21(36)27(4,5)38/h6-10,13,20-22,24,35-36,38H,11-12,14,33H2,1-5H3,(H,34,37). The summed E-state index contributed by atoms with van der Waals surface area (Å²) in [6.07, 6.45) is -0.555. The molecule has 1 fully saturated rings. The van der Waals surface area contributed by atoms with E-state index in [-0.39, 0.29) is 39.6 Å². The van der Waals surface area contributed by atoms with Crippen LogP contribution in [-0.2, 0) is 10.3 Å². The maximum atomic E-state index is 15.5. The number of carbonyl (C=O) groups excluding carboxylic acids is 1. The summed E-state index contributed by atoms with van der Waals surface area (Å²) in [5, 5.41) is 26.2. The maximum absolute atomic E-state index is 15.5. The van der Waals surface area contributed by atoms with Gasteiger partial charge in [0.25, 0.3) is 0 Å². The number of benzene rings is 2. The Morgan fingerprint density at radius 1 is 1.18 bits per heavy atom. The van der Waals surface area contributed by atoms with Gasteiger partial charge in [0.2, 0.25) is 5.91 Å². The van der Waals surface area contributed by atoms with Gasteiger partial charge in [-0.1, -0.05) is 62.2 Å². The van der Waals surface area contributed by atoms with Gasteiger partial charge in [-0.3, -0.25) is 4.79 Å². The average molecular weight is 573 g/mol. The highest BCUT2D eigenvalue weighted by molar-refractivity contribution is 6.31. The van der Waals surface area contributed by atoms with Gasteiger partial charge in [-0.15, -0.1) is 0 Å². The van der Waals surface area contributed by atoms with Crippen LogP contribution < -0.4 is 16.4 Å². The zero-order chi connectivity index (χ0) is 28.6. The summed E-state index contributed by atoms with van der Waals surface area (Å²) in [5.74, 6) is -2.96.